The smallest absolute Gasteiger partial charge is 0.230 e. The van der Waals surface area contributed by atoms with Crippen molar-refractivity contribution >= 4 is 17.5 Å². The van der Waals surface area contributed by atoms with Crippen molar-refractivity contribution in [2.75, 3.05) is 32.1 Å². The first kappa shape index (κ1) is 16.3. The summed E-state index contributed by atoms with van der Waals surface area (Å²) >= 11 is 0. The number of unbranched alkanes of at least 4 members (excludes halogenated alkanes) is 1. The number of likely N-dealkylation sites (N-methyl/N-ethyl adjacent to an activating group) is 1. The minimum Gasteiger partial charge on any atom is -0.491 e. The Kier molecular flexibility index (Phi) is 5.41. The van der Waals surface area contributed by atoms with Gasteiger partial charge in [0.1, 0.15) is 5.75 Å². The number of carbonyl (C=O) groups excluding carboxylic acids is 2. The van der Waals surface area contributed by atoms with Gasteiger partial charge in [-0.25, -0.2) is 0 Å². The maximum Gasteiger partial charge on any atom is 0.230 e. The Labute approximate surface area is 131 Å². The lowest BCUT2D eigenvalue weighted by Crippen LogP contribution is -2.29. The molecule has 2 amide bonds. The molecule has 0 unspecified atom stereocenters. The van der Waals surface area contributed by atoms with Gasteiger partial charge in [0, 0.05) is 20.6 Å². The molecule has 1 aromatic rings. The molecule has 1 aromatic carbocycles. The van der Waals surface area contributed by atoms with Crippen LogP contribution in [-0.2, 0) is 16.0 Å². The lowest BCUT2D eigenvalue weighted by molar-refractivity contribution is -0.129. The van der Waals surface area contributed by atoms with E-state index in [2.05, 4.69) is 6.92 Å². The molecule has 0 aliphatic carbocycles. The number of ether oxygens (including phenoxy) is 1. The maximum atomic E-state index is 12.2. The van der Waals surface area contributed by atoms with Crippen molar-refractivity contribution in [1.82, 2.24) is 4.90 Å². The summed E-state index contributed by atoms with van der Waals surface area (Å²) in [4.78, 5) is 27.5. The Balaban J connectivity index is 2.12. The molecule has 0 N–H and O–H groups in total. The molecule has 0 bridgehead atoms. The molecule has 1 aliphatic heterocycles. The monoisotopic (exact) mass is 304 g/mol. The van der Waals surface area contributed by atoms with Crippen molar-refractivity contribution in [3.63, 3.8) is 0 Å². The molecule has 0 saturated heterocycles. The van der Waals surface area contributed by atoms with Crippen LogP contribution in [-0.4, -0.2) is 44.0 Å². The molecule has 5 nitrogen and oxygen atoms in total. The van der Waals surface area contributed by atoms with Crippen LogP contribution in [0.5, 0.6) is 5.75 Å². The number of amides is 2. The zero-order chi connectivity index (χ0) is 16.1. The maximum absolute atomic E-state index is 12.2. The fraction of sp³-hybridized carbons (Fsp3) is 0.529. The van der Waals surface area contributed by atoms with E-state index in [1.54, 1.807) is 16.8 Å². The average molecular weight is 304 g/mol. The number of fused-ring (bicyclic) bond motifs is 1. The number of nitrogens with zero attached hydrogens (tertiary/aromatic N) is 2. The number of benzene rings is 1. The quantitative estimate of drug-likeness (QED) is 0.838. The van der Waals surface area contributed by atoms with Crippen molar-refractivity contribution < 1.29 is 14.3 Å². The standard InChI is InChI=1S/C17H24N2O3/c1-4-5-9-18(2)17(21)12-13-6-7-15-14(11-13)19(3)16(20)8-10-22-15/h6-7,11H,4-5,8-10,12H2,1-3H3. The van der Waals surface area contributed by atoms with E-state index in [4.69, 9.17) is 4.74 Å². The number of hydrogen-bond donors (Lipinski definition) is 0. The molecule has 0 aromatic heterocycles. The predicted molar refractivity (Wildman–Crippen MR) is 86.2 cm³/mol. The Hall–Kier alpha value is -2.04. The summed E-state index contributed by atoms with van der Waals surface area (Å²) in [7, 11) is 3.58. The van der Waals surface area contributed by atoms with Gasteiger partial charge in [-0.1, -0.05) is 19.4 Å². The Morgan fingerprint density at radius 3 is 2.91 bits per heavy atom. The van der Waals surface area contributed by atoms with Gasteiger partial charge in [-0.15, -0.1) is 0 Å². The summed E-state index contributed by atoms with van der Waals surface area (Å²) in [5.74, 6) is 0.822. The van der Waals surface area contributed by atoms with Crippen LogP contribution in [0.4, 0.5) is 5.69 Å². The fourth-order valence-corrected chi connectivity index (χ4v) is 2.44. The molecule has 1 aliphatic rings. The van der Waals surface area contributed by atoms with E-state index >= 15 is 0 Å². The van der Waals surface area contributed by atoms with Gasteiger partial charge in [0.15, 0.2) is 0 Å². The lowest BCUT2D eigenvalue weighted by Gasteiger charge is -2.19. The summed E-state index contributed by atoms with van der Waals surface area (Å²) < 4.78 is 5.59. The molecule has 1 heterocycles. The van der Waals surface area contributed by atoms with Crippen molar-refractivity contribution in [3.05, 3.63) is 23.8 Å². The molecule has 22 heavy (non-hydrogen) atoms. The molecule has 0 spiro atoms. The van der Waals surface area contributed by atoms with Gasteiger partial charge in [0.05, 0.1) is 25.1 Å². The Bertz CT molecular complexity index is 557. The minimum absolute atomic E-state index is 0.0299. The lowest BCUT2D eigenvalue weighted by atomic mass is 10.1. The molecular weight excluding hydrogens is 280 g/mol. The molecule has 2 rings (SSSR count). The van der Waals surface area contributed by atoms with E-state index in [0.29, 0.717) is 25.2 Å². The summed E-state index contributed by atoms with van der Waals surface area (Å²) in [5, 5.41) is 0. The SMILES string of the molecule is CCCCN(C)C(=O)Cc1ccc2c(c1)N(C)C(=O)CCO2. The highest BCUT2D eigenvalue weighted by Gasteiger charge is 2.20. The molecule has 0 atom stereocenters. The third-order valence-corrected chi connectivity index (χ3v) is 3.96. The van der Waals surface area contributed by atoms with Crippen molar-refractivity contribution in [2.24, 2.45) is 0 Å². The van der Waals surface area contributed by atoms with Crippen molar-refractivity contribution in [3.8, 4) is 5.75 Å². The van der Waals surface area contributed by atoms with E-state index in [1.165, 1.54) is 0 Å². The van der Waals surface area contributed by atoms with Crippen LogP contribution in [0.25, 0.3) is 0 Å². The van der Waals surface area contributed by atoms with Gasteiger partial charge in [-0.2, -0.15) is 0 Å². The Morgan fingerprint density at radius 2 is 2.18 bits per heavy atom. The summed E-state index contributed by atoms with van der Waals surface area (Å²) in [6, 6.07) is 5.62. The Morgan fingerprint density at radius 1 is 1.41 bits per heavy atom. The second-order valence-corrected chi connectivity index (χ2v) is 5.70. The van der Waals surface area contributed by atoms with E-state index in [-0.39, 0.29) is 11.8 Å². The molecule has 5 heteroatoms. The van der Waals surface area contributed by atoms with Gasteiger partial charge in [0.25, 0.3) is 0 Å². The van der Waals surface area contributed by atoms with E-state index in [9.17, 15) is 9.59 Å². The van der Waals surface area contributed by atoms with E-state index in [0.717, 1.165) is 30.6 Å². The number of rotatable bonds is 5. The van der Waals surface area contributed by atoms with Gasteiger partial charge in [-0.05, 0) is 24.1 Å². The highest BCUT2D eigenvalue weighted by atomic mass is 16.5. The van der Waals surface area contributed by atoms with Crippen molar-refractivity contribution in [1.29, 1.82) is 0 Å². The third-order valence-electron chi connectivity index (χ3n) is 3.96. The summed E-state index contributed by atoms with van der Waals surface area (Å²) in [6.45, 7) is 3.29. The van der Waals surface area contributed by atoms with Crippen LogP contribution < -0.4 is 9.64 Å². The van der Waals surface area contributed by atoms with Crippen LogP contribution in [0.2, 0.25) is 0 Å². The predicted octanol–water partition coefficient (Wildman–Crippen LogP) is 2.23. The van der Waals surface area contributed by atoms with Crippen molar-refractivity contribution in [2.45, 2.75) is 32.6 Å². The number of hydrogen-bond acceptors (Lipinski definition) is 3. The van der Waals surface area contributed by atoms with Gasteiger partial charge >= 0.3 is 0 Å². The molecule has 0 saturated carbocycles. The zero-order valence-electron chi connectivity index (χ0n) is 13.6. The van der Waals surface area contributed by atoms with Crippen LogP contribution in [0.15, 0.2) is 18.2 Å². The van der Waals surface area contributed by atoms with Crippen LogP contribution in [0, 0.1) is 0 Å². The fourth-order valence-electron chi connectivity index (χ4n) is 2.44. The first-order chi connectivity index (χ1) is 10.5. The highest BCUT2D eigenvalue weighted by molar-refractivity contribution is 5.95. The van der Waals surface area contributed by atoms with E-state index in [1.807, 2.05) is 25.2 Å². The largest absolute Gasteiger partial charge is 0.491 e. The third kappa shape index (κ3) is 3.78. The molecule has 120 valence electrons. The van der Waals surface area contributed by atoms with Gasteiger partial charge in [0.2, 0.25) is 11.8 Å². The number of anilines is 1. The van der Waals surface area contributed by atoms with Crippen LogP contribution in [0.3, 0.4) is 0 Å². The number of carbonyl (C=O) groups is 2. The van der Waals surface area contributed by atoms with Crippen LogP contribution in [0.1, 0.15) is 31.7 Å². The second-order valence-electron chi connectivity index (χ2n) is 5.70. The van der Waals surface area contributed by atoms with Crippen LogP contribution >= 0.6 is 0 Å². The molecule has 0 fully saturated rings. The normalized spacial score (nSPS) is 14.1. The first-order valence-corrected chi connectivity index (χ1v) is 7.79. The van der Waals surface area contributed by atoms with Gasteiger partial charge in [-0.3, -0.25) is 9.59 Å². The average Bonchev–Trinajstić information content (AvgIpc) is 2.65. The minimum atomic E-state index is 0.0299. The van der Waals surface area contributed by atoms with E-state index < -0.39 is 0 Å². The second kappa shape index (κ2) is 7.29. The summed E-state index contributed by atoms with van der Waals surface area (Å²) in [6.07, 6.45) is 2.80. The highest BCUT2D eigenvalue weighted by Crippen LogP contribution is 2.31. The first-order valence-electron chi connectivity index (χ1n) is 7.79. The molecule has 0 radical (unpaired) electrons. The zero-order valence-corrected chi connectivity index (χ0v) is 13.6. The molecular formula is C17H24N2O3. The van der Waals surface area contributed by atoms with Gasteiger partial charge < -0.3 is 14.5 Å². The summed E-state index contributed by atoms with van der Waals surface area (Å²) in [5.41, 5.74) is 1.64. The topological polar surface area (TPSA) is 49.9 Å².